The van der Waals surface area contributed by atoms with Crippen molar-refractivity contribution in [1.29, 1.82) is 0 Å². The van der Waals surface area contributed by atoms with E-state index in [4.69, 9.17) is 4.42 Å². The average molecular weight is 342 g/mol. The van der Waals surface area contributed by atoms with E-state index in [1.54, 1.807) is 31.2 Å². The molecule has 2 amide bonds. The molecule has 3 rings (SSSR count). The minimum atomic E-state index is -1.20. The van der Waals surface area contributed by atoms with Crippen molar-refractivity contribution in [1.82, 2.24) is 4.90 Å². The molecule has 1 unspecified atom stereocenters. The Labute approximate surface area is 144 Å². The number of carbonyl (C=O) groups is 3. The predicted molar refractivity (Wildman–Crippen MR) is 89.4 cm³/mol. The zero-order valence-corrected chi connectivity index (χ0v) is 13.7. The van der Waals surface area contributed by atoms with Gasteiger partial charge in [0.1, 0.15) is 5.54 Å². The Bertz CT molecular complexity index is 815. The lowest BCUT2D eigenvalue weighted by Crippen LogP contribution is -2.50. The quantitative estimate of drug-likeness (QED) is 0.889. The van der Waals surface area contributed by atoms with Crippen molar-refractivity contribution in [3.05, 3.63) is 54.0 Å². The number of rotatable bonds is 4. The Balaban J connectivity index is 1.80. The number of amides is 2. The van der Waals surface area contributed by atoms with Crippen LogP contribution in [0.3, 0.4) is 0 Å². The third kappa shape index (κ3) is 3.13. The van der Waals surface area contributed by atoms with Crippen LogP contribution in [0.15, 0.2) is 47.1 Å². The molecule has 2 N–H and O–H groups in total. The highest BCUT2D eigenvalue weighted by Crippen LogP contribution is 2.31. The number of anilines is 1. The van der Waals surface area contributed by atoms with Crippen LogP contribution >= 0.6 is 0 Å². The molecule has 1 aromatic carbocycles. The standard InChI is InChI=1S/C18H18N2O5/c1-18(17(23)24)8-4-9-20(18)16(22)12-5-2-6-13(11-12)19-15(21)14-7-3-10-25-14/h2-3,5-7,10-11H,4,8-9H2,1H3,(H,19,21)(H,23,24). The fraction of sp³-hybridized carbons (Fsp3) is 0.278. The summed E-state index contributed by atoms with van der Waals surface area (Å²) in [6, 6.07) is 9.56. The molecule has 0 bridgehead atoms. The maximum atomic E-state index is 12.8. The zero-order chi connectivity index (χ0) is 18.0. The summed E-state index contributed by atoms with van der Waals surface area (Å²) in [6.45, 7) is 1.95. The predicted octanol–water partition coefficient (Wildman–Crippen LogP) is 2.61. The summed E-state index contributed by atoms with van der Waals surface area (Å²) in [6.07, 6.45) is 2.46. The van der Waals surface area contributed by atoms with Gasteiger partial charge in [-0.2, -0.15) is 0 Å². The number of benzene rings is 1. The molecule has 1 aliphatic rings. The SMILES string of the molecule is CC1(C(=O)O)CCCN1C(=O)c1cccc(NC(=O)c2ccco2)c1. The number of aliphatic carboxylic acids is 1. The highest BCUT2D eigenvalue weighted by molar-refractivity contribution is 6.04. The first-order valence-electron chi connectivity index (χ1n) is 7.92. The van der Waals surface area contributed by atoms with E-state index in [-0.39, 0.29) is 11.7 Å². The van der Waals surface area contributed by atoms with Gasteiger partial charge < -0.3 is 19.7 Å². The van der Waals surface area contributed by atoms with Crippen molar-refractivity contribution < 1.29 is 23.9 Å². The van der Waals surface area contributed by atoms with Crippen LogP contribution in [0.1, 0.15) is 40.7 Å². The lowest BCUT2D eigenvalue weighted by atomic mass is 9.98. The molecule has 0 radical (unpaired) electrons. The van der Waals surface area contributed by atoms with Gasteiger partial charge in [0.05, 0.1) is 6.26 Å². The van der Waals surface area contributed by atoms with Crippen LogP contribution in [0.2, 0.25) is 0 Å². The molecule has 0 spiro atoms. The van der Waals surface area contributed by atoms with Crippen molar-refractivity contribution in [2.24, 2.45) is 0 Å². The molecule has 7 heteroatoms. The summed E-state index contributed by atoms with van der Waals surface area (Å²) in [5, 5.41) is 12.1. The molecule has 130 valence electrons. The number of hydrogen-bond acceptors (Lipinski definition) is 4. The second kappa shape index (κ2) is 6.43. The first-order chi connectivity index (χ1) is 11.9. The molecule has 2 heterocycles. The summed E-state index contributed by atoms with van der Waals surface area (Å²) < 4.78 is 5.03. The molecule has 7 nitrogen and oxygen atoms in total. The molecular formula is C18H18N2O5. The van der Waals surface area contributed by atoms with E-state index in [0.29, 0.717) is 30.6 Å². The van der Waals surface area contributed by atoms with E-state index in [1.807, 2.05) is 0 Å². The number of carboxylic acid groups (broad SMARTS) is 1. The first-order valence-corrected chi connectivity index (χ1v) is 7.92. The van der Waals surface area contributed by atoms with Crippen molar-refractivity contribution >= 4 is 23.5 Å². The number of carbonyl (C=O) groups excluding carboxylic acids is 2. The van der Waals surface area contributed by atoms with Crippen LogP contribution in [-0.2, 0) is 4.79 Å². The van der Waals surface area contributed by atoms with Gasteiger partial charge in [-0.3, -0.25) is 9.59 Å². The van der Waals surface area contributed by atoms with Gasteiger partial charge in [-0.1, -0.05) is 6.07 Å². The van der Waals surface area contributed by atoms with Gasteiger partial charge in [0.25, 0.3) is 11.8 Å². The van der Waals surface area contributed by atoms with Gasteiger partial charge in [-0.15, -0.1) is 0 Å². The Morgan fingerprint density at radius 1 is 1.24 bits per heavy atom. The number of carboxylic acids is 1. The van der Waals surface area contributed by atoms with Crippen LogP contribution in [0.25, 0.3) is 0 Å². The monoisotopic (exact) mass is 342 g/mol. The van der Waals surface area contributed by atoms with Gasteiger partial charge in [-0.25, -0.2) is 4.79 Å². The third-order valence-corrected chi connectivity index (χ3v) is 4.46. The molecular weight excluding hydrogens is 324 g/mol. The highest BCUT2D eigenvalue weighted by atomic mass is 16.4. The Hall–Kier alpha value is -3.09. The summed E-state index contributed by atoms with van der Waals surface area (Å²) in [5.74, 6) is -1.64. The minimum Gasteiger partial charge on any atom is -0.480 e. The molecule has 0 aliphatic carbocycles. The fourth-order valence-electron chi connectivity index (χ4n) is 3.00. The van der Waals surface area contributed by atoms with E-state index in [2.05, 4.69) is 5.32 Å². The second-order valence-corrected chi connectivity index (χ2v) is 6.15. The average Bonchev–Trinajstić information content (AvgIpc) is 3.24. The molecule has 1 aromatic heterocycles. The largest absolute Gasteiger partial charge is 0.480 e. The van der Waals surface area contributed by atoms with Crippen molar-refractivity contribution in [2.75, 3.05) is 11.9 Å². The molecule has 1 aliphatic heterocycles. The van der Waals surface area contributed by atoms with Crippen LogP contribution in [0, 0.1) is 0 Å². The molecule has 2 aromatic rings. The number of furan rings is 1. The lowest BCUT2D eigenvalue weighted by molar-refractivity contribution is -0.147. The molecule has 0 saturated carbocycles. The molecule has 25 heavy (non-hydrogen) atoms. The summed E-state index contributed by atoms with van der Waals surface area (Å²) in [7, 11) is 0. The van der Waals surface area contributed by atoms with Gasteiger partial charge in [0, 0.05) is 17.8 Å². The maximum absolute atomic E-state index is 12.8. The van der Waals surface area contributed by atoms with Crippen LogP contribution in [0.4, 0.5) is 5.69 Å². The fourth-order valence-corrected chi connectivity index (χ4v) is 3.00. The number of hydrogen-bond donors (Lipinski definition) is 2. The van der Waals surface area contributed by atoms with Gasteiger partial charge in [-0.05, 0) is 50.1 Å². The van der Waals surface area contributed by atoms with Gasteiger partial charge >= 0.3 is 5.97 Å². The molecule has 1 fully saturated rings. The van der Waals surface area contributed by atoms with Crippen LogP contribution in [0.5, 0.6) is 0 Å². The smallest absolute Gasteiger partial charge is 0.329 e. The van der Waals surface area contributed by atoms with Crippen molar-refractivity contribution in [3.8, 4) is 0 Å². The number of likely N-dealkylation sites (tertiary alicyclic amines) is 1. The molecule has 1 saturated heterocycles. The van der Waals surface area contributed by atoms with Gasteiger partial charge in [0.15, 0.2) is 5.76 Å². The minimum absolute atomic E-state index is 0.162. The van der Waals surface area contributed by atoms with E-state index in [0.717, 1.165) is 0 Å². The summed E-state index contributed by atoms with van der Waals surface area (Å²) in [4.78, 5) is 37.7. The Morgan fingerprint density at radius 2 is 2.04 bits per heavy atom. The third-order valence-electron chi connectivity index (χ3n) is 4.46. The highest BCUT2D eigenvalue weighted by Gasteiger charge is 2.46. The van der Waals surface area contributed by atoms with E-state index in [1.165, 1.54) is 23.3 Å². The van der Waals surface area contributed by atoms with E-state index < -0.39 is 17.4 Å². The maximum Gasteiger partial charge on any atom is 0.329 e. The normalized spacial score (nSPS) is 19.6. The zero-order valence-electron chi connectivity index (χ0n) is 13.7. The second-order valence-electron chi connectivity index (χ2n) is 6.15. The Kier molecular flexibility index (Phi) is 4.31. The lowest BCUT2D eigenvalue weighted by Gasteiger charge is -2.31. The van der Waals surface area contributed by atoms with Gasteiger partial charge in [0.2, 0.25) is 0 Å². The van der Waals surface area contributed by atoms with E-state index >= 15 is 0 Å². The topological polar surface area (TPSA) is 99.9 Å². The van der Waals surface area contributed by atoms with Crippen LogP contribution in [-0.4, -0.2) is 39.9 Å². The van der Waals surface area contributed by atoms with Crippen molar-refractivity contribution in [2.45, 2.75) is 25.3 Å². The number of nitrogens with one attached hydrogen (secondary N) is 1. The number of nitrogens with zero attached hydrogens (tertiary/aromatic N) is 1. The Morgan fingerprint density at radius 3 is 2.72 bits per heavy atom. The summed E-state index contributed by atoms with van der Waals surface area (Å²) in [5.41, 5.74) is -0.445. The van der Waals surface area contributed by atoms with Crippen LogP contribution < -0.4 is 5.32 Å². The molecule has 1 atom stereocenters. The van der Waals surface area contributed by atoms with E-state index in [9.17, 15) is 19.5 Å². The summed E-state index contributed by atoms with van der Waals surface area (Å²) >= 11 is 0. The van der Waals surface area contributed by atoms with Crippen molar-refractivity contribution in [3.63, 3.8) is 0 Å². The first kappa shape index (κ1) is 16.8.